The van der Waals surface area contributed by atoms with Gasteiger partial charge < -0.3 is 10.4 Å². The zero-order chi connectivity index (χ0) is 9.80. The topological polar surface area (TPSA) is 35.5 Å². The summed E-state index contributed by atoms with van der Waals surface area (Å²) in [6, 6.07) is 0.767. The molecule has 0 aliphatic carbocycles. The van der Waals surface area contributed by atoms with Gasteiger partial charge in [0.15, 0.2) is 0 Å². The summed E-state index contributed by atoms with van der Waals surface area (Å²) >= 11 is 0. The normalized spacial score (nSPS) is 31.9. The molecular formula is C11H22N2O. The lowest BCUT2D eigenvalue weighted by atomic mass is 9.95. The largest absolute Gasteiger partial charge is 0.396 e. The molecule has 2 heterocycles. The highest BCUT2D eigenvalue weighted by Crippen LogP contribution is 2.20. The minimum absolute atomic E-state index is 0.386. The van der Waals surface area contributed by atoms with Crippen LogP contribution in [0.1, 0.15) is 25.7 Å². The van der Waals surface area contributed by atoms with Crippen LogP contribution in [0.5, 0.6) is 0 Å². The number of nitrogens with one attached hydrogen (secondary N) is 1. The van der Waals surface area contributed by atoms with Crippen LogP contribution in [-0.4, -0.2) is 48.8 Å². The van der Waals surface area contributed by atoms with Gasteiger partial charge in [0.25, 0.3) is 0 Å². The molecule has 82 valence electrons. The first-order chi connectivity index (χ1) is 6.90. The van der Waals surface area contributed by atoms with Crippen LogP contribution >= 0.6 is 0 Å². The van der Waals surface area contributed by atoms with E-state index in [4.69, 9.17) is 5.11 Å². The number of aliphatic hydroxyl groups is 1. The smallest absolute Gasteiger partial charge is 0.0460 e. The van der Waals surface area contributed by atoms with Crippen LogP contribution < -0.4 is 5.32 Å². The number of nitrogens with zero attached hydrogens (tertiary/aromatic N) is 1. The van der Waals surface area contributed by atoms with Gasteiger partial charge in [-0.05, 0) is 51.2 Å². The maximum Gasteiger partial charge on any atom is 0.0460 e. The Labute approximate surface area is 86.5 Å². The fraction of sp³-hybridized carbons (Fsp3) is 1.00. The molecule has 0 saturated carbocycles. The first kappa shape index (κ1) is 10.4. The molecule has 2 N–H and O–H groups in total. The van der Waals surface area contributed by atoms with Crippen LogP contribution in [0.25, 0.3) is 0 Å². The van der Waals surface area contributed by atoms with Gasteiger partial charge in [0.1, 0.15) is 0 Å². The summed E-state index contributed by atoms with van der Waals surface area (Å²) in [6.07, 6.45) is 5.06. The zero-order valence-corrected chi connectivity index (χ0v) is 8.91. The van der Waals surface area contributed by atoms with Crippen molar-refractivity contribution in [3.05, 3.63) is 0 Å². The molecule has 0 aromatic carbocycles. The minimum atomic E-state index is 0.386. The summed E-state index contributed by atoms with van der Waals surface area (Å²) in [6.45, 7) is 5.14. The molecule has 0 aromatic heterocycles. The van der Waals surface area contributed by atoms with Crippen LogP contribution in [-0.2, 0) is 0 Å². The molecule has 0 spiro atoms. The average Bonchev–Trinajstić information content (AvgIpc) is 2.30. The molecule has 1 atom stereocenters. The summed E-state index contributed by atoms with van der Waals surface area (Å²) in [5.74, 6) is 0.572. The summed E-state index contributed by atoms with van der Waals surface area (Å²) in [5.41, 5.74) is 0. The van der Waals surface area contributed by atoms with E-state index in [0.717, 1.165) is 6.04 Å². The van der Waals surface area contributed by atoms with Crippen molar-refractivity contribution >= 4 is 0 Å². The number of hydrogen-bond donors (Lipinski definition) is 2. The monoisotopic (exact) mass is 198 g/mol. The number of aliphatic hydroxyl groups excluding tert-OH is 1. The molecule has 2 aliphatic rings. The molecule has 0 amide bonds. The van der Waals surface area contributed by atoms with Crippen molar-refractivity contribution in [2.45, 2.75) is 31.7 Å². The highest BCUT2D eigenvalue weighted by atomic mass is 16.3. The summed E-state index contributed by atoms with van der Waals surface area (Å²) < 4.78 is 0. The van der Waals surface area contributed by atoms with Crippen LogP contribution in [0.3, 0.4) is 0 Å². The number of likely N-dealkylation sites (tertiary alicyclic amines) is 1. The van der Waals surface area contributed by atoms with Gasteiger partial charge in [-0.1, -0.05) is 0 Å². The van der Waals surface area contributed by atoms with Gasteiger partial charge >= 0.3 is 0 Å². The van der Waals surface area contributed by atoms with Crippen LogP contribution in [0.2, 0.25) is 0 Å². The van der Waals surface area contributed by atoms with Gasteiger partial charge in [-0.3, -0.25) is 4.90 Å². The second-order valence-corrected chi connectivity index (χ2v) is 4.66. The van der Waals surface area contributed by atoms with E-state index in [9.17, 15) is 0 Å². The van der Waals surface area contributed by atoms with E-state index >= 15 is 0 Å². The Morgan fingerprint density at radius 1 is 1.21 bits per heavy atom. The Balaban J connectivity index is 1.76. The fourth-order valence-electron chi connectivity index (χ4n) is 2.65. The predicted molar refractivity (Wildman–Crippen MR) is 57.3 cm³/mol. The molecule has 14 heavy (non-hydrogen) atoms. The maximum atomic E-state index is 9.06. The van der Waals surface area contributed by atoms with Crippen molar-refractivity contribution in [2.75, 3.05) is 32.8 Å². The van der Waals surface area contributed by atoms with Crippen molar-refractivity contribution in [3.8, 4) is 0 Å². The molecule has 3 heteroatoms. The van der Waals surface area contributed by atoms with Gasteiger partial charge in [0.2, 0.25) is 0 Å². The quantitative estimate of drug-likeness (QED) is 0.676. The average molecular weight is 198 g/mol. The number of rotatable bonds is 2. The third-order valence-corrected chi connectivity index (χ3v) is 3.69. The third-order valence-electron chi connectivity index (χ3n) is 3.69. The van der Waals surface area contributed by atoms with Crippen molar-refractivity contribution in [3.63, 3.8) is 0 Å². The van der Waals surface area contributed by atoms with Crippen molar-refractivity contribution in [1.82, 2.24) is 10.2 Å². The molecule has 0 radical (unpaired) electrons. The van der Waals surface area contributed by atoms with E-state index in [1.54, 1.807) is 0 Å². The van der Waals surface area contributed by atoms with E-state index in [0.29, 0.717) is 12.5 Å². The van der Waals surface area contributed by atoms with E-state index in [1.807, 2.05) is 0 Å². The number of piperidine rings is 2. The Bertz CT molecular complexity index is 161. The summed E-state index contributed by atoms with van der Waals surface area (Å²) in [4.78, 5) is 2.61. The van der Waals surface area contributed by atoms with Crippen LogP contribution in [0.15, 0.2) is 0 Å². The highest BCUT2D eigenvalue weighted by Gasteiger charge is 2.25. The second-order valence-electron chi connectivity index (χ2n) is 4.66. The summed E-state index contributed by atoms with van der Waals surface area (Å²) in [5, 5.41) is 12.5. The van der Waals surface area contributed by atoms with Gasteiger partial charge in [-0.2, -0.15) is 0 Å². The number of hydrogen-bond acceptors (Lipinski definition) is 3. The maximum absolute atomic E-state index is 9.06. The summed E-state index contributed by atoms with van der Waals surface area (Å²) in [7, 11) is 0. The minimum Gasteiger partial charge on any atom is -0.396 e. The van der Waals surface area contributed by atoms with E-state index in [-0.39, 0.29) is 0 Å². The predicted octanol–water partition coefficient (Wildman–Crippen LogP) is 0.443. The van der Waals surface area contributed by atoms with E-state index in [1.165, 1.54) is 51.9 Å². The molecule has 0 unspecified atom stereocenters. The first-order valence-electron chi connectivity index (χ1n) is 5.96. The molecule has 2 aliphatic heterocycles. The second kappa shape index (κ2) is 5.10. The van der Waals surface area contributed by atoms with Crippen molar-refractivity contribution in [1.29, 1.82) is 0 Å². The molecule has 0 bridgehead atoms. The Hall–Kier alpha value is -0.120. The van der Waals surface area contributed by atoms with Crippen molar-refractivity contribution < 1.29 is 5.11 Å². The lowest BCUT2D eigenvalue weighted by Crippen LogP contribution is -2.49. The molecular weight excluding hydrogens is 176 g/mol. The van der Waals surface area contributed by atoms with Gasteiger partial charge in [-0.15, -0.1) is 0 Å². The van der Waals surface area contributed by atoms with Crippen LogP contribution in [0, 0.1) is 5.92 Å². The molecule has 2 rings (SSSR count). The first-order valence-corrected chi connectivity index (χ1v) is 5.96. The Morgan fingerprint density at radius 2 is 2.00 bits per heavy atom. The molecule has 2 saturated heterocycles. The van der Waals surface area contributed by atoms with Crippen LogP contribution in [0.4, 0.5) is 0 Å². The van der Waals surface area contributed by atoms with Gasteiger partial charge in [0, 0.05) is 19.2 Å². The van der Waals surface area contributed by atoms with E-state index in [2.05, 4.69) is 10.2 Å². The highest BCUT2D eigenvalue weighted by molar-refractivity contribution is 4.82. The SMILES string of the molecule is OCC1CCN([C@@H]2CCCNC2)CC1. The third kappa shape index (κ3) is 2.47. The van der Waals surface area contributed by atoms with Crippen molar-refractivity contribution in [2.24, 2.45) is 5.92 Å². The van der Waals surface area contributed by atoms with Gasteiger partial charge in [0.05, 0.1) is 0 Å². The standard InChI is InChI=1S/C11H22N2O/c14-9-10-3-6-13(7-4-10)11-2-1-5-12-8-11/h10-12,14H,1-9H2/t11-/m1/s1. The molecule has 2 fully saturated rings. The lowest BCUT2D eigenvalue weighted by Gasteiger charge is -2.39. The Morgan fingerprint density at radius 3 is 2.57 bits per heavy atom. The fourth-order valence-corrected chi connectivity index (χ4v) is 2.65. The molecule has 0 aromatic rings. The van der Waals surface area contributed by atoms with E-state index < -0.39 is 0 Å². The van der Waals surface area contributed by atoms with Gasteiger partial charge in [-0.25, -0.2) is 0 Å². The lowest BCUT2D eigenvalue weighted by molar-refractivity contribution is 0.0891. The Kier molecular flexibility index (Phi) is 3.79. The zero-order valence-electron chi connectivity index (χ0n) is 8.91. The molecule has 3 nitrogen and oxygen atoms in total.